The third kappa shape index (κ3) is 3.55. The SMILES string of the molecule is O=C(Nc1ncc(Cc2ccc(F)cc2)s1)c1cc(-c2ccco2)on1. The van der Waals surface area contributed by atoms with E-state index >= 15 is 0 Å². The largest absolute Gasteiger partial charge is 0.461 e. The van der Waals surface area contributed by atoms with Gasteiger partial charge in [0.15, 0.2) is 16.6 Å². The number of anilines is 1. The van der Waals surface area contributed by atoms with Crippen molar-refractivity contribution in [3.63, 3.8) is 0 Å². The maximum Gasteiger partial charge on any atom is 0.279 e. The number of carbonyl (C=O) groups excluding carboxylic acids is 1. The first-order valence-corrected chi connectivity index (χ1v) is 8.50. The molecular weight excluding hydrogens is 357 g/mol. The summed E-state index contributed by atoms with van der Waals surface area (Å²) in [6.07, 6.45) is 3.80. The van der Waals surface area contributed by atoms with E-state index in [1.807, 2.05) is 0 Å². The lowest BCUT2D eigenvalue weighted by Gasteiger charge is -1.98. The number of rotatable bonds is 5. The zero-order valence-corrected chi connectivity index (χ0v) is 14.1. The maximum atomic E-state index is 12.9. The van der Waals surface area contributed by atoms with Crippen molar-refractivity contribution in [2.24, 2.45) is 0 Å². The van der Waals surface area contributed by atoms with Crippen molar-refractivity contribution in [3.05, 3.63) is 76.9 Å². The Hall–Kier alpha value is -3.26. The van der Waals surface area contributed by atoms with Crippen molar-refractivity contribution in [3.8, 4) is 11.5 Å². The van der Waals surface area contributed by atoms with Gasteiger partial charge in [-0.2, -0.15) is 0 Å². The number of furan rings is 1. The summed E-state index contributed by atoms with van der Waals surface area (Å²) in [5.74, 6) is 0.172. The smallest absolute Gasteiger partial charge is 0.279 e. The van der Waals surface area contributed by atoms with Crippen molar-refractivity contribution >= 4 is 22.4 Å². The summed E-state index contributed by atoms with van der Waals surface area (Å²) < 4.78 is 23.3. The molecular formula is C18H12FN3O3S. The molecule has 0 aliphatic rings. The van der Waals surface area contributed by atoms with Crippen LogP contribution in [0.1, 0.15) is 20.9 Å². The van der Waals surface area contributed by atoms with Crippen molar-refractivity contribution in [1.29, 1.82) is 0 Å². The Morgan fingerprint density at radius 1 is 1.19 bits per heavy atom. The predicted molar refractivity (Wildman–Crippen MR) is 93.5 cm³/mol. The zero-order chi connectivity index (χ0) is 17.9. The molecule has 0 saturated heterocycles. The highest BCUT2D eigenvalue weighted by molar-refractivity contribution is 7.15. The fourth-order valence-corrected chi connectivity index (χ4v) is 3.17. The Bertz CT molecular complexity index is 1020. The highest BCUT2D eigenvalue weighted by Crippen LogP contribution is 2.23. The molecule has 130 valence electrons. The molecule has 3 aromatic heterocycles. The van der Waals surface area contributed by atoms with Gasteiger partial charge in [-0.25, -0.2) is 9.37 Å². The van der Waals surface area contributed by atoms with Crippen LogP contribution in [0.25, 0.3) is 11.5 Å². The number of nitrogens with zero attached hydrogens (tertiary/aromatic N) is 2. The third-order valence-electron chi connectivity index (χ3n) is 3.57. The minimum Gasteiger partial charge on any atom is -0.461 e. The summed E-state index contributed by atoms with van der Waals surface area (Å²) >= 11 is 1.35. The molecule has 8 heteroatoms. The first-order chi connectivity index (χ1) is 12.7. The van der Waals surface area contributed by atoms with Crippen LogP contribution in [0, 0.1) is 5.82 Å². The number of halogens is 1. The Morgan fingerprint density at radius 3 is 2.81 bits per heavy atom. The number of nitrogens with one attached hydrogen (secondary N) is 1. The van der Waals surface area contributed by atoms with Crippen LogP contribution in [0.5, 0.6) is 0 Å². The van der Waals surface area contributed by atoms with E-state index in [0.29, 0.717) is 23.1 Å². The molecule has 0 saturated carbocycles. The quantitative estimate of drug-likeness (QED) is 0.565. The minimum absolute atomic E-state index is 0.131. The summed E-state index contributed by atoms with van der Waals surface area (Å²) in [4.78, 5) is 17.4. The van der Waals surface area contributed by atoms with Crippen molar-refractivity contribution in [2.75, 3.05) is 5.32 Å². The summed E-state index contributed by atoms with van der Waals surface area (Å²) in [6, 6.07) is 11.2. The van der Waals surface area contributed by atoms with Crippen LogP contribution in [0.2, 0.25) is 0 Å². The Morgan fingerprint density at radius 2 is 2.04 bits per heavy atom. The fourth-order valence-electron chi connectivity index (χ4n) is 2.33. The predicted octanol–water partition coefficient (Wildman–Crippen LogP) is 4.37. The van der Waals surface area contributed by atoms with Gasteiger partial charge in [0.1, 0.15) is 5.82 Å². The van der Waals surface area contributed by atoms with Crippen LogP contribution >= 0.6 is 11.3 Å². The van der Waals surface area contributed by atoms with E-state index in [4.69, 9.17) is 8.94 Å². The molecule has 4 rings (SSSR count). The van der Waals surface area contributed by atoms with Gasteiger partial charge in [0.25, 0.3) is 5.91 Å². The number of benzene rings is 1. The highest BCUT2D eigenvalue weighted by Gasteiger charge is 2.16. The Kier molecular flexibility index (Phi) is 4.32. The summed E-state index contributed by atoms with van der Waals surface area (Å²) in [5.41, 5.74) is 1.10. The van der Waals surface area contributed by atoms with E-state index in [1.54, 1.807) is 30.5 Å². The molecule has 0 aliphatic carbocycles. The van der Waals surface area contributed by atoms with E-state index in [2.05, 4.69) is 15.5 Å². The maximum absolute atomic E-state index is 12.9. The van der Waals surface area contributed by atoms with Gasteiger partial charge in [0.2, 0.25) is 5.76 Å². The van der Waals surface area contributed by atoms with Gasteiger partial charge < -0.3 is 8.94 Å². The number of aromatic nitrogens is 2. The average Bonchev–Trinajstić information content (AvgIpc) is 3.38. The van der Waals surface area contributed by atoms with Gasteiger partial charge in [0.05, 0.1) is 6.26 Å². The molecule has 1 aromatic carbocycles. The molecule has 3 heterocycles. The molecule has 0 radical (unpaired) electrons. The van der Waals surface area contributed by atoms with Gasteiger partial charge in [-0.05, 0) is 29.8 Å². The number of thiazole rings is 1. The summed E-state index contributed by atoms with van der Waals surface area (Å²) in [7, 11) is 0. The van der Waals surface area contributed by atoms with Crippen LogP contribution < -0.4 is 5.32 Å². The lowest BCUT2D eigenvalue weighted by Crippen LogP contribution is -2.11. The standard InChI is InChI=1S/C18H12FN3O3S/c19-12-5-3-11(4-6-12)8-13-10-20-18(26-13)21-17(23)14-9-16(25-22-14)15-2-1-7-24-15/h1-7,9-10H,8H2,(H,20,21,23). The van der Waals surface area contributed by atoms with Crippen LogP contribution in [0.3, 0.4) is 0 Å². The normalized spacial score (nSPS) is 10.8. The minimum atomic E-state index is -0.422. The van der Waals surface area contributed by atoms with E-state index < -0.39 is 5.91 Å². The fraction of sp³-hybridized carbons (Fsp3) is 0.0556. The van der Waals surface area contributed by atoms with Gasteiger partial charge in [-0.15, -0.1) is 11.3 Å². The number of carbonyl (C=O) groups is 1. The zero-order valence-electron chi connectivity index (χ0n) is 13.3. The first-order valence-electron chi connectivity index (χ1n) is 7.68. The van der Waals surface area contributed by atoms with Crippen LogP contribution in [-0.2, 0) is 6.42 Å². The van der Waals surface area contributed by atoms with Crippen molar-refractivity contribution in [1.82, 2.24) is 10.1 Å². The molecule has 0 fully saturated rings. The molecule has 26 heavy (non-hydrogen) atoms. The van der Waals surface area contributed by atoms with E-state index in [0.717, 1.165) is 10.4 Å². The average molecular weight is 369 g/mol. The summed E-state index contributed by atoms with van der Waals surface area (Å²) in [6.45, 7) is 0. The van der Waals surface area contributed by atoms with Gasteiger partial charge in [0, 0.05) is 23.6 Å². The molecule has 0 spiro atoms. The number of hydrogen-bond donors (Lipinski definition) is 1. The number of hydrogen-bond acceptors (Lipinski definition) is 6. The highest BCUT2D eigenvalue weighted by atomic mass is 32.1. The molecule has 1 N–H and O–H groups in total. The van der Waals surface area contributed by atoms with Gasteiger partial charge in [-0.3, -0.25) is 10.1 Å². The van der Waals surface area contributed by atoms with E-state index in [9.17, 15) is 9.18 Å². The van der Waals surface area contributed by atoms with E-state index in [-0.39, 0.29) is 11.5 Å². The molecule has 1 amide bonds. The second-order valence-corrected chi connectivity index (χ2v) is 6.56. The lowest BCUT2D eigenvalue weighted by molar-refractivity contribution is 0.101. The molecule has 6 nitrogen and oxygen atoms in total. The Labute approximate surface area is 151 Å². The van der Waals surface area contributed by atoms with E-state index in [1.165, 1.54) is 35.8 Å². The Balaban J connectivity index is 1.42. The van der Waals surface area contributed by atoms with Crippen LogP contribution in [0.4, 0.5) is 9.52 Å². The monoisotopic (exact) mass is 369 g/mol. The second-order valence-electron chi connectivity index (χ2n) is 5.44. The van der Waals surface area contributed by atoms with Crippen molar-refractivity contribution < 1.29 is 18.1 Å². The molecule has 4 aromatic rings. The van der Waals surface area contributed by atoms with Gasteiger partial charge >= 0.3 is 0 Å². The van der Waals surface area contributed by atoms with Crippen LogP contribution in [0.15, 0.2) is 63.9 Å². The first kappa shape index (κ1) is 16.2. The topological polar surface area (TPSA) is 81.2 Å². The molecule has 0 unspecified atom stereocenters. The third-order valence-corrected chi connectivity index (χ3v) is 4.49. The lowest BCUT2D eigenvalue weighted by atomic mass is 10.1. The van der Waals surface area contributed by atoms with Crippen molar-refractivity contribution in [2.45, 2.75) is 6.42 Å². The summed E-state index contributed by atoms with van der Waals surface area (Å²) in [5, 5.41) is 6.89. The molecule has 0 bridgehead atoms. The van der Waals surface area contributed by atoms with Gasteiger partial charge in [-0.1, -0.05) is 17.3 Å². The van der Waals surface area contributed by atoms with Crippen LogP contribution in [-0.4, -0.2) is 16.0 Å². The number of amides is 1. The molecule has 0 atom stereocenters. The second kappa shape index (κ2) is 6.93. The molecule has 0 aliphatic heterocycles.